The summed E-state index contributed by atoms with van der Waals surface area (Å²) < 4.78 is 5.51. The van der Waals surface area contributed by atoms with Crippen molar-refractivity contribution in [2.24, 2.45) is 0 Å². The van der Waals surface area contributed by atoms with Crippen molar-refractivity contribution < 1.29 is 9.53 Å². The largest absolute Gasteiger partial charge is 0.443 e. The minimum atomic E-state index is -0.505. The molecule has 1 aromatic heterocycles. The van der Waals surface area contributed by atoms with Crippen molar-refractivity contribution >= 4 is 11.9 Å². The van der Waals surface area contributed by atoms with Crippen LogP contribution in [0.15, 0.2) is 18.3 Å². The second kappa shape index (κ2) is 7.97. The van der Waals surface area contributed by atoms with Crippen molar-refractivity contribution in [3.63, 3.8) is 0 Å². The number of likely N-dealkylation sites (tertiary alicyclic amines) is 1. The lowest BCUT2D eigenvalue weighted by Gasteiger charge is -2.27. The summed E-state index contributed by atoms with van der Waals surface area (Å²) in [5.41, 5.74) is 0.729. The maximum Gasteiger partial charge on any atom is 0.416 e. The van der Waals surface area contributed by atoms with E-state index in [2.05, 4.69) is 22.9 Å². The number of rotatable bonds is 5. The Balaban J connectivity index is 2.15. The molecule has 0 aliphatic carbocycles. The fourth-order valence-corrected chi connectivity index (χ4v) is 3.18. The fraction of sp³-hybridized carbons (Fsp3) is 0.684. The van der Waals surface area contributed by atoms with Crippen LogP contribution in [-0.4, -0.2) is 41.2 Å². The highest BCUT2D eigenvalue weighted by atomic mass is 16.6. The first kappa shape index (κ1) is 18.7. The molecule has 5 nitrogen and oxygen atoms in total. The Morgan fingerprint density at radius 2 is 2.12 bits per heavy atom. The molecule has 2 heterocycles. The van der Waals surface area contributed by atoms with Gasteiger partial charge in [-0.25, -0.2) is 9.78 Å². The smallest absolute Gasteiger partial charge is 0.416 e. The summed E-state index contributed by atoms with van der Waals surface area (Å²) >= 11 is 0. The molecule has 0 N–H and O–H groups in total. The standard InChI is InChI=1S/C19H31N3O2/c1-6-12-22(18(23)24-19(3,4)5)17-11-10-15(14-20-17)16-9-8-13-21(16)7-2/h10-11,14,16H,6-9,12-13H2,1-5H3/t16-/m1/s1. The van der Waals surface area contributed by atoms with E-state index in [-0.39, 0.29) is 6.09 Å². The van der Waals surface area contributed by atoms with E-state index < -0.39 is 5.60 Å². The summed E-state index contributed by atoms with van der Waals surface area (Å²) in [6.07, 6.45) is 4.86. The number of pyridine rings is 1. The minimum absolute atomic E-state index is 0.333. The summed E-state index contributed by atoms with van der Waals surface area (Å²) in [6.45, 7) is 12.7. The number of carbonyl (C=O) groups is 1. The predicted octanol–water partition coefficient (Wildman–Crippen LogP) is 4.39. The molecule has 1 amide bonds. The van der Waals surface area contributed by atoms with Gasteiger partial charge in [0, 0.05) is 18.8 Å². The molecule has 0 spiro atoms. The van der Waals surface area contributed by atoms with E-state index in [1.165, 1.54) is 18.4 Å². The zero-order valence-corrected chi connectivity index (χ0v) is 15.7. The van der Waals surface area contributed by atoms with E-state index in [4.69, 9.17) is 4.74 Å². The second-order valence-corrected chi connectivity index (χ2v) is 7.37. The molecule has 24 heavy (non-hydrogen) atoms. The molecule has 1 saturated heterocycles. The third kappa shape index (κ3) is 4.69. The van der Waals surface area contributed by atoms with E-state index in [0.29, 0.717) is 18.4 Å². The van der Waals surface area contributed by atoms with Crippen LogP contribution in [0.2, 0.25) is 0 Å². The molecule has 0 aromatic carbocycles. The Morgan fingerprint density at radius 1 is 1.38 bits per heavy atom. The van der Waals surface area contributed by atoms with Gasteiger partial charge in [-0.15, -0.1) is 0 Å². The topological polar surface area (TPSA) is 45.7 Å². The van der Waals surface area contributed by atoms with Crippen LogP contribution in [0.5, 0.6) is 0 Å². The van der Waals surface area contributed by atoms with Gasteiger partial charge in [-0.3, -0.25) is 9.80 Å². The molecule has 1 aliphatic rings. The van der Waals surface area contributed by atoms with Crippen LogP contribution in [0.1, 0.15) is 65.5 Å². The molecular weight excluding hydrogens is 302 g/mol. The highest BCUT2D eigenvalue weighted by Crippen LogP contribution is 2.31. The molecule has 1 atom stereocenters. The fourth-order valence-electron chi connectivity index (χ4n) is 3.18. The zero-order chi connectivity index (χ0) is 17.7. The van der Waals surface area contributed by atoms with Crippen molar-refractivity contribution in [1.82, 2.24) is 9.88 Å². The normalized spacial score (nSPS) is 18.6. The lowest BCUT2D eigenvalue weighted by Crippen LogP contribution is -2.37. The minimum Gasteiger partial charge on any atom is -0.443 e. The van der Waals surface area contributed by atoms with Crippen LogP contribution >= 0.6 is 0 Å². The third-order valence-electron chi connectivity index (χ3n) is 4.26. The van der Waals surface area contributed by atoms with Crippen LogP contribution in [0, 0.1) is 0 Å². The van der Waals surface area contributed by atoms with Crippen molar-refractivity contribution in [1.29, 1.82) is 0 Å². The van der Waals surface area contributed by atoms with Gasteiger partial charge >= 0.3 is 6.09 Å². The molecular formula is C19H31N3O2. The Morgan fingerprint density at radius 3 is 2.67 bits per heavy atom. The Kier molecular flexibility index (Phi) is 6.21. The molecule has 0 bridgehead atoms. The van der Waals surface area contributed by atoms with Crippen LogP contribution in [0.3, 0.4) is 0 Å². The first-order chi connectivity index (χ1) is 11.4. The first-order valence-corrected chi connectivity index (χ1v) is 9.06. The van der Waals surface area contributed by atoms with Crippen LogP contribution in [0.4, 0.5) is 10.6 Å². The number of hydrogen-bond donors (Lipinski definition) is 0. The van der Waals surface area contributed by atoms with Gasteiger partial charge in [0.25, 0.3) is 0 Å². The number of ether oxygens (including phenoxy) is 1. The van der Waals surface area contributed by atoms with E-state index in [1.807, 2.05) is 40.0 Å². The number of anilines is 1. The van der Waals surface area contributed by atoms with E-state index in [0.717, 1.165) is 19.5 Å². The van der Waals surface area contributed by atoms with E-state index >= 15 is 0 Å². The number of carbonyl (C=O) groups excluding carboxylic acids is 1. The number of aromatic nitrogens is 1. The summed E-state index contributed by atoms with van der Waals surface area (Å²) in [5, 5.41) is 0. The summed E-state index contributed by atoms with van der Waals surface area (Å²) in [7, 11) is 0. The first-order valence-electron chi connectivity index (χ1n) is 9.06. The second-order valence-electron chi connectivity index (χ2n) is 7.37. The van der Waals surface area contributed by atoms with Gasteiger partial charge in [-0.05, 0) is 64.8 Å². The van der Waals surface area contributed by atoms with Gasteiger partial charge < -0.3 is 4.74 Å². The van der Waals surface area contributed by atoms with E-state index in [9.17, 15) is 4.79 Å². The zero-order valence-electron chi connectivity index (χ0n) is 15.7. The molecule has 1 aromatic rings. The van der Waals surface area contributed by atoms with Gasteiger partial charge in [-0.2, -0.15) is 0 Å². The van der Waals surface area contributed by atoms with E-state index in [1.54, 1.807) is 4.90 Å². The van der Waals surface area contributed by atoms with Gasteiger partial charge in [0.1, 0.15) is 11.4 Å². The van der Waals surface area contributed by atoms with Crippen molar-refractivity contribution in [2.45, 2.75) is 65.5 Å². The van der Waals surface area contributed by atoms with Gasteiger partial charge in [0.05, 0.1) is 0 Å². The molecule has 0 unspecified atom stereocenters. The summed E-state index contributed by atoms with van der Waals surface area (Å²) in [6, 6.07) is 4.51. The summed E-state index contributed by atoms with van der Waals surface area (Å²) in [4.78, 5) is 21.1. The maximum absolute atomic E-state index is 12.4. The molecule has 0 saturated carbocycles. The van der Waals surface area contributed by atoms with Gasteiger partial charge in [0.15, 0.2) is 0 Å². The van der Waals surface area contributed by atoms with Crippen LogP contribution in [-0.2, 0) is 4.74 Å². The monoisotopic (exact) mass is 333 g/mol. The molecule has 0 radical (unpaired) electrons. The SMILES string of the molecule is CCCN(C(=O)OC(C)(C)C)c1ccc([C@H]2CCCN2CC)cn1. The average Bonchev–Trinajstić information content (AvgIpc) is 2.99. The van der Waals surface area contributed by atoms with Crippen molar-refractivity contribution in [2.75, 3.05) is 24.5 Å². The molecule has 134 valence electrons. The van der Waals surface area contributed by atoms with Gasteiger partial charge in [0.2, 0.25) is 0 Å². The van der Waals surface area contributed by atoms with Crippen LogP contribution in [0.25, 0.3) is 0 Å². The lowest BCUT2D eigenvalue weighted by atomic mass is 10.1. The average molecular weight is 333 g/mol. The number of hydrogen-bond acceptors (Lipinski definition) is 4. The predicted molar refractivity (Wildman–Crippen MR) is 97.3 cm³/mol. The highest BCUT2D eigenvalue weighted by molar-refractivity contribution is 5.86. The van der Waals surface area contributed by atoms with Gasteiger partial charge in [-0.1, -0.05) is 19.9 Å². The maximum atomic E-state index is 12.4. The molecule has 2 rings (SSSR count). The highest BCUT2D eigenvalue weighted by Gasteiger charge is 2.26. The van der Waals surface area contributed by atoms with Crippen LogP contribution < -0.4 is 4.90 Å². The Bertz CT molecular complexity index is 537. The Labute approximate surface area is 146 Å². The molecule has 1 fully saturated rings. The number of nitrogens with zero attached hydrogens (tertiary/aromatic N) is 3. The van der Waals surface area contributed by atoms with Crippen molar-refractivity contribution in [3.8, 4) is 0 Å². The lowest BCUT2D eigenvalue weighted by molar-refractivity contribution is 0.0579. The Hall–Kier alpha value is -1.62. The number of amides is 1. The third-order valence-corrected chi connectivity index (χ3v) is 4.26. The molecule has 1 aliphatic heterocycles. The quantitative estimate of drug-likeness (QED) is 0.801. The molecule has 5 heteroatoms. The summed E-state index contributed by atoms with van der Waals surface area (Å²) in [5.74, 6) is 0.663. The van der Waals surface area contributed by atoms with Crippen molar-refractivity contribution in [3.05, 3.63) is 23.9 Å².